The van der Waals surface area contributed by atoms with Gasteiger partial charge in [-0.1, -0.05) is 35.2 Å². The van der Waals surface area contributed by atoms with Gasteiger partial charge in [-0.2, -0.15) is 0 Å². The van der Waals surface area contributed by atoms with E-state index in [-0.39, 0.29) is 12.5 Å². The maximum Gasteiger partial charge on any atom is 0.263 e. The summed E-state index contributed by atoms with van der Waals surface area (Å²) in [5.74, 6) is 0.455. The molecule has 2 aromatic rings. The van der Waals surface area contributed by atoms with Gasteiger partial charge in [-0.15, -0.1) is 5.10 Å². The van der Waals surface area contributed by atoms with Crippen LogP contribution in [-0.4, -0.2) is 50.9 Å². The maximum atomic E-state index is 11.9. The molecule has 7 heteroatoms. The summed E-state index contributed by atoms with van der Waals surface area (Å²) >= 11 is 0. The van der Waals surface area contributed by atoms with E-state index >= 15 is 0 Å². The van der Waals surface area contributed by atoms with Gasteiger partial charge in [0, 0.05) is 18.7 Å². The van der Waals surface area contributed by atoms with Crippen LogP contribution >= 0.6 is 0 Å². The number of tetrazole rings is 1. The van der Waals surface area contributed by atoms with Crippen molar-refractivity contribution in [3.63, 3.8) is 0 Å². The van der Waals surface area contributed by atoms with Crippen molar-refractivity contribution in [3.8, 4) is 11.4 Å². The predicted octanol–water partition coefficient (Wildman–Crippen LogP) is 0.391. The zero-order chi connectivity index (χ0) is 13.8. The molecule has 0 atom stereocenters. The number of hydrogen-bond donors (Lipinski definition) is 0. The number of hydrogen-bond acceptors (Lipinski definition) is 5. The van der Waals surface area contributed by atoms with Gasteiger partial charge >= 0.3 is 0 Å². The van der Waals surface area contributed by atoms with Gasteiger partial charge in [0.1, 0.15) is 0 Å². The molecule has 0 bridgehead atoms. The van der Waals surface area contributed by atoms with Crippen molar-refractivity contribution >= 4 is 5.91 Å². The van der Waals surface area contributed by atoms with E-state index in [9.17, 15) is 4.79 Å². The van der Waals surface area contributed by atoms with Gasteiger partial charge in [-0.25, -0.2) is 0 Å². The minimum Gasteiger partial charge on any atom is -0.384 e. The van der Waals surface area contributed by atoms with Gasteiger partial charge in [0.05, 0.1) is 0 Å². The van der Waals surface area contributed by atoms with Crippen molar-refractivity contribution in [2.75, 3.05) is 19.7 Å². The van der Waals surface area contributed by atoms with Crippen molar-refractivity contribution in [3.05, 3.63) is 30.3 Å². The van der Waals surface area contributed by atoms with E-state index in [4.69, 9.17) is 4.84 Å². The Hall–Kier alpha value is -2.44. The van der Waals surface area contributed by atoms with Gasteiger partial charge < -0.3 is 9.74 Å². The summed E-state index contributed by atoms with van der Waals surface area (Å²) in [6, 6.07) is 9.46. The molecule has 1 saturated heterocycles. The van der Waals surface area contributed by atoms with Crippen LogP contribution in [0.3, 0.4) is 0 Å². The SMILES string of the molecule is O=C(COn1nnnc1-c1ccccc1)N1CCCC1. The highest BCUT2D eigenvalue weighted by atomic mass is 16.7. The first-order valence-electron chi connectivity index (χ1n) is 6.59. The highest BCUT2D eigenvalue weighted by Crippen LogP contribution is 2.13. The van der Waals surface area contributed by atoms with Crippen molar-refractivity contribution in [1.82, 2.24) is 25.3 Å². The Morgan fingerprint density at radius 2 is 1.95 bits per heavy atom. The van der Waals surface area contributed by atoms with Gasteiger partial charge in [0.15, 0.2) is 6.61 Å². The minimum atomic E-state index is -0.0507. The summed E-state index contributed by atoms with van der Waals surface area (Å²) < 4.78 is 0. The molecule has 0 unspecified atom stereocenters. The largest absolute Gasteiger partial charge is 0.384 e. The Bertz CT molecular complexity index is 577. The van der Waals surface area contributed by atoms with Gasteiger partial charge in [-0.3, -0.25) is 4.79 Å². The number of nitrogens with zero attached hydrogens (tertiary/aromatic N) is 5. The van der Waals surface area contributed by atoms with Crippen LogP contribution in [0.1, 0.15) is 12.8 Å². The van der Waals surface area contributed by atoms with E-state index in [1.165, 1.54) is 4.85 Å². The smallest absolute Gasteiger partial charge is 0.263 e. The molecule has 0 radical (unpaired) electrons. The van der Waals surface area contributed by atoms with Gasteiger partial charge in [0.2, 0.25) is 5.82 Å². The number of carbonyl (C=O) groups is 1. The topological polar surface area (TPSA) is 73.1 Å². The lowest BCUT2D eigenvalue weighted by Gasteiger charge is -2.15. The van der Waals surface area contributed by atoms with Crippen molar-refractivity contribution in [2.45, 2.75) is 12.8 Å². The Labute approximate surface area is 116 Å². The van der Waals surface area contributed by atoms with Crippen LogP contribution in [0.5, 0.6) is 0 Å². The maximum absolute atomic E-state index is 11.9. The van der Waals surface area contributed by atoms with Crippen LogP contribution in [0.2, 0.25) is 0 Å². The highest BCUT2D eigenvalue weighted by molar-refractivity contribution is 5.77. The zero-order valence-electron chi connectivity index (χ0n) is 11.0. The Morgan fingerprint density at radius 3 is 2.70 bits per heavy atom. The summed E-state index contributed by atoms with van der Waals surface area (Å²) in [7, 11) is 0. The molecule has 7 nitrogen and oxygen atoms in total. The molecule has 1 aliphatic rings. The number of aromatic nitrogens is 4. The summed E-state index contributed by atoms with van der Waals surface area (Å²) in [6.45, 7) is 1.57. The molecule has 0 N–H and O–H groups in total. The Morgan fingerprint density at radius 1 is 1.20 bits per heavy atom. The predicted molar refractivity (Wildman–Crippen MR) is 70.5 cm³/mol. The van der Waals surface area contributed by atoms with Crippen molar-refractivity contribution < 1.29 is 9.63 Å². The van der Waals surface area contributed by atoms with Crippen LogP contribution in [0.4, 0.5) is 0 Å². The first kappa shape index (κ1) is 12.6. The van der Waals surface area contributed by atoms with Crippen LogP contribution in [0, 0.1) is 0 Å². The Kier molecular flexibility index (Phi) is 3.58. The average Bonchev–Trinajstić information content (AvgIpc) is 3.17. The van der Waals surface area contributed by atoms with Gasteiger partial charge in [0.25, 0.3) is 5.91 Å². The zero-order valence-corrected chi connectivity index (χ0v) is 11.0. The van der Waals surface area contributed by atoms with E-state index in [0.29, 0.717) is 5.82 Å². The second kappa shape index (κ2) is 5.68. The minimum absolute atomic E-state index is 0.0305. The third-order valence-corrected chi connectivity index (χ3v) is 3.24. The fourth-order valence-corrected chi connectivity index (χ4v) is 2.20. The number of benzene rings is 1. The lowest BCUT2D eigenvalue weighted by molar-refractivity contribution is -0.135. The highest BCUT2D eigenvalue weighted by Gasteiger charge is 2.19. The lowest BCUT2D eigenvalue weighted by atomic mass is 10.2. The van der Waals surface area contributed by atoms with E-state index in [2.05, 4.69) is 15.5 Å². The molecule has 20 heavy (non-hydrogen) atoms. The molecule has 1 amide bonds. The van der Waals surface area contributed by atoms with E-state index < -0.39 is 0 Å². The molecule has 0 saturated carbocycles. The van der Waals surface area contributed by atoms with E-state index in [1.807, 2.05) is 30.3 Å². The van der Waals surface area contributed by atoms with Crippen LogP contribution in [0.25, 0.3) is 11.4 Å². The number of likely N-dealkylation sites (tertiary alicyclic amines) is 1. The summed E-state index contributed by atoms with van der Waals surface area (Å²) in [6.07, 6.45) is 2.12. The second-order valence-electron chi connectivity index (χ2n) is 4.60. The molecule has 0 aliphatic carbocycles. The second-order valence-corrected chi connectivity index (χ2v) is 4.60. The molecule has 0 spiro atoms. The quantitative estimate of drug-likeness (QED) is 0.805. The standard InChI is InChI=1S/C13H15N5O2/c19-12(17-8-4-5-9-17)10-20-18-13(14-15-16-18)11-6-2-1-3-7-11/h1-3,6-7H,4-5,8-10H2. The fourth-order valence-electron chi connectivity index (χ4n) is 2.20. The third kappa shape index (κ3) is 2.61. The molecule has 1 aromatic heterocycles. The number of amides is 1. The molecular weight excluding hydrogens is 258 g/mol. The average molecular weight is 273 g/mol. The van der Waals surface area contributed by atoms with E-state index in [0.717, 1.165) is 31.5 Å². The summed E-state index contributed by atoms with van der Waals surface area (Å²) in [5, 5.41) is 11.3. The normalized spacial score (nSPS) is 14.5. The molecule has 104 valence electrons. The molecule has 1 fully saturated rings. The Balaban J connectivity index is 1.66. The summed E-state index contributed by atoms with van der Waals surface area (Å²) in [4.78, 5) is 20.3. The first-order chi connectivity index (χ1) is 9.84. The van der Waals surface area contributed by atoms with Crippen molar-refractivity contribution in [1.29, 1.82) is 0 Å². The van der Waals surface area contributed by atoms with Gasteiger partial charge in [-0.05, 0) is 23.3 Å². The third-order valence-electron chi connectivity index (χ3n) is 3.24. The van der Waals surface area contributed by atoms with Crippen molar-refractivity contribution in [2.24, 2.45) is 0 Å². The number of carbonyl (C=O) groups excluding carboxylic acids is 1. The molecule has 1 aromatic carbocycles. The monoisotopic (exact) mass is 273 g/mol. The van der Waals surface area contributed by atoms with Crippen LogP contribution in [-0.2, 0) is 4.79 Å². The van der Waals surface area contributed by atoms with E-state index in [1.54, 1.807) is 4.90 Å². The van der Waals surface area contributed by atoms with Crippen LogP contribution in [0.15, 0.2) is 30.3 Å². The lowest BCUT2D eigenvalue weighted by Crippen LogP contribution is -2.34. The molecule has 1 aliphatic heterocycles. The molecular formula is C13H15N5O2. The van der Waals surface area contributed by atoms with Crippen LogP contribution < -0.4 is 4.84 Å². The summed E-state index contributed by atoms with van der Waals surface area (Å²) in [5.41, 5.74) is 0.839. The molecule has 3 rings (SSSR count). The fraction of sp³-hybridized carbons (Fsp3) is 0.385. The number of rotatable bonds is 4. The first-order valence-corrected chi connectivity index (χ1v) is 6.59. The molecule has 2 heterocycles.